The van der Waals surface area contributed by atoms with Crippen LogP contribution in [0.5, 0.6) is 11.5 Å². The van der Waals surface area contributed by atoms with Gasteiger partial charge >= 0.3 is 5.97 Å². The number of carboxylic acid groups (broad SMARTS) is 1. The van der Waals surface area contributed by atoms with Crippen LogP contribution in [0.4, 0.5) is 5.69 Å². The predicted molar refractivity (Wildman–Crippen MR) is 97.3 cm³/mol. The lowest BCUT2D eigenvalue weighted by molar-refractivity contribution is -0.138. The maximum Gasteiger partial charge on any atom is 0.326 e. The molecule has 0 unspecified atom stereocenters. The normalized spacial score (nSPS) is 11.8. The van der Waals surface area contributed by atoms with Crippen LogP contribution >= 0.6 is 11.6 Å². The van der Waals surface area contributed by atoms with E-state index in [-0.39, 0.29) is 0 Å². The summed E-state index contributed by atoms with van der Waals surface area (Å²) in [4.78, 5) is 13.5. The van der Waals surface area contributed by atoms with Gasteiger partial charge in [0.15, 0.2) is 5.75 Å². The lowest BCUT2D eigenvalue weighted by Crippen LogP contribution is -2.41. The van der Waals surface area contributed by atoms with E-state index < -0.39 is 12.0 Å². The molecule has 1 N–H and O–H groups in total. The van der Waals surface area contributed by atoms with E-state index in [4.69, 9.17) is 16.3 Å². The van der Waals surface area contributed by atoms with Crippen molar-refractivity contribution < 1.29 is 14.6 Å². The molecule has 2 aromatic carbocycles. The van der Waals surface area contributed by atoms with E-state index in [1.54, 1.807) is 18.2 Å². The highest BCUT2D eigenvalue weighted by Gasteiger charge is 2.26. The first-order valence-electron chi connectivity index (χ1n) is 8.08. The lowest BCUT2D eigenvalue weighted by atomic mass is 10.1. The minimum atomic E-state index is -0.850. The minimum absolute atomic E-state index is 0.493. The van der Waals surface area contributed by atoms with E-state index in [9.17, 15) is 9.90 Å². The molecule has 0 saturated carbocycles. The summed E-state index contributed by atoms with van der Waals surface area (Å²) in [7, 11) is 0. The molecule has 0 aromatic heterocycles. The lowest BCUT2D eigenvalue weighted by Gasteiger charge is -2.31. The van der Waals surface area contributed by atoms with E-state index in [0.29, 0.717) is 35.2 Å². The Morgan fingerprint density at radius 1 is 1.21 bits per heavy atom. The van der Waals surface area contributed by atoms with E-state index in [0.717, 1.165) is 6.42 Å². The molecule has 0 radical (unpaired) electrons. The number of carboxylic acids is 1. The molecule has 0 aliphatic rings. The molecular weight excluding hydrogens is 326 g/mol. The fourth-order valence-corrected chi connectivity index (χ4v) is 2.80. The summed E-state index contributed by atoms with van der Waals surface area (Å²) < 4.78 is 5.97. The van der Waals surface area contributed by atoms with Crippen LogP contribution in [-0.2, 0) is 4.79 Å². The van der Waals surface area contributed by atoms with Crippen molar-refractivity contribution in [2.45, 2.75) is 32.7 Å². The van der Waals surface area contributed by atoms with Gasteiger partial charge in [-0.25, -0.2) is 4.79 Å². The van der Waals surface area contributed by atoms with Crippen LogP contribution in [-0.4, -0.2) is 23.7 Å². The Balaban J connectivity index is 2.44. The third kappa shape index (κ3) is 4.42. The molecule has 0 fully saturated rings. The first kappa shape index (κ1) is 18.1. The average molecular weight is 348 g/mol. The highest BCUT2D eigenvalue weighted by Crippen LogP contribution is 2.36. The zero-order valence-corrected chi connectivity index (χ0v) is 14.7. The number of nitrogens with zero attached hydrogens (tertiary/aromatic N) is 1. The first-order chi connectivity index (χ1) is 11.6. The van der Waals surface area contributed by atoms with Crippen LogP contribution in [0.3, 0.4) is 0 Å². The smallest absolute Gasteiger partial charge is 0.326 e. The molecule has 0 bridgehead atoms. The summed E-state index contributed by atoms with van der Waals surface area (Å²) in [6.07, 6.45) is 1.31. The number of aliphatic carboxylic acids is 1. The van der Waals surface area contributed by atoms with Crippen LogP contribution in [0, 0.1) is 0 Å². The van der Waals surface area contributed by atoms with Crippen LogP contribution in [0.2, 0.25) is 5.02 Å². The molecule has 2 rings (SSSR count). The van der Waals surface area contributed by atoms with Gasteiger partial charge in [-0.3, -0.25) is 0 Å². The van der Waals surface area contributed by atoms with Gasteiger partial charge in [0, 0.05) is 11.6 Å². The third-order valence-corrected chi connectivity index (χ3v) is 3.95. The van der Waals surface area contributed by atoms with E-state index in [2.05, 4.69) is 0 Å². The Bertz CT molecular complexity index is 676. The number of halogens is 1. The standard InChI is InChI=1S/C19H22ClNO3/c1-3-12-21(16(4-2)19(22)23)17-13-14(20)10-11-18(17)24-15-8-6-5-7-9-15/h5-11,13,16H,3-4,12H2,1-2H3,(H,22,23)/t16-/m1/s1. The van der Waals surface area contributed by atoms with Crippen LogP contribution in [0.1, 0.15) is 26.7 Å². The molecule has 0 aliphatic carbocycles. The van der Waals surface area contributed by atoms with Gasteiger partial charge in [-0.1, -0.05) is 43.6 Å². The largest absolute Gasteiger partial charge is 0.480 e. The molecule has 128 valence electrons. The van der Waals surface area contributed by atoms with Gasteiger partial charge in [0.25, 0.3) is 0 Å². The highest BCUT2D eigenvalue weighted by atomic mass is 35.5. The van der Waals surface area contributed by atoms with Crippen molar-refractivity contribution in [2.75, 3.05) is 11.4 Å². The number of hydrogen-bond donors (Lipinski definition) is 1. The summed E-state index contributed by atoms with van der Waals surface area (Å²) in [6, 6.07) is 14.1. The number of benzene rings is 2. The molecule has 24 heavy (non-hydrogen) atoms. The van der Waals surface area contributed by atoms with Crippen molar-refractivity contribution in [1.29, 1.82) is 0 Å². The molecule has 2 aromatic rings. The van der Waals surface area contributed by atoms with Gasteiger partial charge in [0.1, 0.15) is 11.8 Å². The number of para-hydroxylation sites is 1. The molecule has 0 aliphatic heterocycles. The van der Waals surface area contributed by atoms with E-state index in [1.807, 2.05) is 49.1 Å². The maximum absolute atomic E-state index is 11.7. The van der Waals surface area contributed by atoms with Crippen molar-refractivity contribution >= 4 is 23.3 Å². The Labute approximate surface area is 147 Å². The highest BCUT2D eigenvalue weighted by molar-refractivity contribution is 6.31. The van der Waals surface area contributed by atoms with Crippen molar-refractivity contribution in [1.82, 2.24) is 0 Å². The monoisotopic (exact) mass is 347 g/mol. The Morgan fingerprint density at radius 2 is 1.92 bits per heavy atom. The first-order valence-corrected chi connectivity index (χ1v) is 8.46. The molecule has 0 amide bonds. The van der Waals surface area contributed by atoms with Gasteiger partial charge in [0.2, 0.25) is 0 Å². The molecule has 0 spiro atoms. The second-order valence-electron chi connectivity index (χ2n) is 5.48. The van der Waals surface area contributed by atoms with E-state index in [1.165, 1.54) is 0 Å². The van der Waals surface area contributed by atoms with Gasteiger partial charge < -0.3 is 14.7 Å². The Hall–Kier alpha value is -2.20. The quantitative estimate of drug-likeness (QED) is 0.712. The molecule has 4 nitrogen and oxygen atoms in total. The number of rotatable bonds is 8. The van der Waals surface area contributed by atoms with E-state index >= 15 is 0 Å². The van der Waals surface area contributed by atoms with Crippen molar-refractivity contribution in [3.63, 3.8) is 0 Å². The Kier molecular flexibility index (Phi) is 6.50. The van der Waals surface area contributed by atoms with Gasteiger partial charge in [-0.05, 0) is 43.2 Å². The number of carbonyl (C=O) groups is 1. The third-order valence-electron chi connectivity index (χ3n) is 3.71. The van der Waals surface area contributed by atoms with Gasteiger partial charge in [0.05, 0.1) is 5.69 Å². The number of hydrogen-bond acceptors (Lipinski definition) is 3. The second-order valence-corrected chi connectivity index (χ2v) is 5.92. The molecule has 0 heterocycles. The molecule has 0 saturated heterocycles. The topological polar surface area (TPSA) is 49.8 Å². The van der Waals surface area contributed by atoms with Crippen molar-refractivity contribution in [2.24, 2.45) is 0 Å². The molecule has 5 heteroatoms. The van der Waals surface area contributed by atoms with Crippen molar-refractivity contribution in [3.05, 3.63) is 53.6 Å². The van der Waals surface area contributed by atoms with Crippen LogP contribution < -0.4 is 9.64 Å². The molecule has 1 atom stereocenters. The minimum Gasteiger partial charge on any atom is -0.480 e. The summed E-state index contributed by atoms with van der Waals surface area (Å²) in [5, 5.41) is 10.1. The fourth-order valence-electron chi connectivity index (χ4n) is 2.63. The van der Waals surface area contributed by atoms with Gasteiger partial charge in [-0.2, -0.15) is 0 Å². The second kappa shape index (κ2) is 8.60. The maximum atomic E-state index is 11.7. The summed E-state index contributed by atoms with van der Waals surface area (Å²) in [6.45, 7) is 4.49. The molecular formula is C19H22ClNO3. The van der Waals surface area contributed by atoms with Crippen LogP contribution in [0.25, 0.3) is 0 Å². The summed E-state index contributed by atoms with van der Waals surface area (Å²) in [5.41, 5.74) is 0.697. The van der Waals surface area contributed by atoms with Gasteiger partial charge in [-0.15, -0.1) is 0 Å². The SMILES string of the molecule is CCCN(c1cc(Cl)ccc1Oc1ccccc1)[C@H](CC)C(=O)O. The number of anilines is 1. The summed E-state index contributed by atoms with van der Waals surface area (Å²) >= 11 is 6.16. The fraction of sp³-hybridized carbons (Fsp3) is 0.316. The zero-order chi connectivity index (χ0) is 17.5. The van der Waals surface area contributed by atoms with Crippen LogP contribution in [0.15, 0.2) is 48.5 Å². The zero-order valence-electron chi connectivity index (χ0n) is 13.9. The predicted octanol–water partition coefficient (Wildman–Crippen LogP) is 5.21. The Morgan fingerprint density at radius 3 is 2.50 bits per heavy atom. The summed E-state index contributed by atoms with van der Waals surface area (Å²) in [5.74, 6) is 0.441. The van der Waals surface area contributed by atoms with Crippen molar-refractivity contribution in [3.8, 4) is 11.5 Å². The average Bonchev–Trinajstić information content (AvgIpc) is 2.57. The number of ether oxygens (including phenoxy) is 1.